The lowest BCUT2D eigenvalue weighted by Gasteiger charge is -2.31. The maximum atomic E-state index is 13.5. The van der Waals surface area contributed by atoms with Crippen LogP contribution in [0.3, 0.4) is 0 Å². The molecule has 0 spiro atoms. The number of fused-ring (bicyclic) bond motifs is 1. The van der Waals surface area contributed by atoms with Gasteiger partial charge in [-0.05, 0) is 74.0 Å². The highest BCUT2D eigenvalue weighted by molar-refractivity contribution is 6.31. The van der Waals surface area contributed by atoms with Crippen molar-refractivity contribution in [3.8, 4) is 5.69 Å². The van der Waals surface area contributed by atoms with Gasteiger partial charge in [0.1, 0.15) is 17.5 Å². The Kier molecular flexibility index (Phi) is 6.30. The number of nitrogens with one attached hydrogen (secondary N) is 1. The summed E-state index contributed by atoms with van der Waals surface area (Å²) in [4.78, 5) is 19.9. The van der Waals surface area contributed by atoms with E-state index in [0.717, 1.165) is 41.9 Å². The summed E-state index contributed by atoms with van der Waals surface area (Å²) in [5.41, 5.74) is 3.13. The van der Waals surface area contributed by atoms with E-state index in [1.807, 2.05) is 28.8 Å². The lowest BCUT2D eigenvalue weighted by molar-refractivity contribution is -0.121. The summed E-state index contributed by atoms with van der Waals surface area (Å²) in [7, 11) is 0. The first-order valence-electron chi connectivity index (χ1n) is 11.2. The number of amides is 1. The van der Waals surface area contributed by atoms with Gasteiger partial charge in [-0.25, -0.2) is 13.8 Å². The highest BCUT2D eigenvalue weighted by Gasteiger charge is 2.27. The van der Waals surface area contributed by atoms with E-state index in [1.54, 1.807) is 12.1 Å². The van der Waals surface area contributed by atoms with Gasteiger partial charge in [-0.2, -0.15) is 0 Å². The third kappa shape index (κ3) is 4.67. The van der Waals surface area contributed by atoms with Gasteiger partial charge in [-0.3, -0.25) is 14.3 Å². The molecule has 3 aromatic carbocycles. The van der Waals surface area contributed by atoms with E-state index in [9.17, 15) is 13.6 Å². The van der Waals surface area contributed by atoms with E-state index in [4.69, 9.17) is 16.6 Å². The summed E-state index contributed by atoms with van der Waals surface area (Å²) >= 11 is 5.84. The number of rotatable bonds is 5. The highest BCUT2D eigenvalue weighted by atomic mass is 35.5. The molecule has 0 radical (unpaired) electrons. The van der Waals surface area contributed by atoms with Crippen LogP contribution in [0.2, 0.25) is 5.02 Å². The quantitative estimate of drug-likeness (QED) is 0.392. The third-order valence-corrected chi connectivity index (χ3v) is 6.43. The first-order valence-corrected chi connectivity index (χ1v) is 11.6. The number of imidazole rings is 1. The van der Waals surface area contributed by atoms with E-state index < -0.39 is 5.82 Å². The molecule has 1 amide bonds. The average molecular weight is 481 g/mol. The minimum Gasteiger partial charge on any atom is -0.326 e. The molecule has 1 aliphatic rings. The van der Waals surface area contributed by atoms with Crippen LogP contribution < -0.4 is 5.32 Å². The topological polar surface area (TPSA) is 50.2 Å². The Morgan fingerprint density at radius 2 is 1.88 bits per heavy atom. The molecule has 0 saturated carbocycles. The minimum absolute atomic E-state index is 0.0252. The van der Waals surface area contributed by atoms with Crippen LogP contribution in [0.5, 0.6) is 0 Å². The number of hydrogen-bond donors (Lipinski definition) is 1. The average Bonchev–Trinajstić information content (AvgIpc) is 3.20. The smallest absolute Gasteiger partial charge is 0.228 e. The molecule has 1 saturated heterocycles. The molecule has 174 valence electrons. The van der Waals surface area contributed by atoms with Crippen molar-refractivity contribution < 1.29 is 13.6 Å². The van der Waals surface area contributed by atoms with Crippen LogP contribution >= 0.6 is 11.6 Å². The molecule has 1 fully saturated rings. The van der Waals surface area contributed by atoms with Crippen LogP contribution in [0.25, 0.3) is 16.7 Å². The minimum atomic E-state index is -0.521. The molecule has 2 heterocycles. The molecule has 0 unspecified atom stereocenters. The number of piperidine rings is 1. The van der Waals surface area contributed by atoms with Gasteiger partial charge in [-0.1, -0.05) is 23.7 Å². The van der Waals surface area contributed by atoms with Crippen molar-refractivity contribution in [3.05, 3.63) is 89.2 Å². The lowest BCUT2D eigenvalue weighted by Crippen LogP contribution is -2.40. The predicted molar refractivity (Wildman–Crippen MR) is 129 cm³/mol. The van der Waals surface area contributed by atoms with Crippen LogP contribution in [0.1, 0.15) is 18.7 Å². The van der Waals surface area contributed by atoms with E-state index in [0.29, 0.717) is 18.8 Å². The highest BCUT2D eigenvalue weighted by Crippen LogP contribution is 2.26. The molecule has 1 atom stereocenters. The monoisotopic (exact) mass is 480 g/mol. The van der Waals surface area contributed by atoms with Gasteiger partial charge in [0.05, 0.1) is 28.5 Å². The van der Waals surface area contributed by atoms with Crippen molar-refractivity contribution in [2.75, 3.05) is 18.4 Å². The Morgan fingerprint density at radius 3 is 2.68 bits per heavy atom. The van der Waals surface area contributed by atoms with Crippen LogP contribution in [0.4, 0.5) is 14.5 Å². The molecular formula is C26H23ClF2N4O. The SMILES string of the molecule is O=C(Nc1ccc(F)c(Cl)c1)[C@@H]1CCCN(Cc2nc3ccccc3n2-c2ccc(F)cc2)C1. The maximum absolute atomic E-state index is 13.5. The Labute approximate surface area is 201 Å². The number of aromatic nitrogens is 2. The molecular weight excluding hydrogens is 458 g/mol. The van der Waals surface area contributed by atoms with Crippen molar-refractivity contribution in [2.24, 2.45) is 5.92 Å². The number of likely N-dealkylation sites (tertiary alicyclic amines) is 1. The van der Waals surface area contributed by atoms with Gasteiger partial charge in [0.15, 0.2) is 0 Å². The Morgan fingerprint density at radius 1 is 1.09 bits per heavy atom. The zero-order valence-electron chi connectivity index (χ0n) is 18.3. The molecule has 1 N–H and O–H groups in total. The molecule has 0 aliphatic carbocycles. The predicted octanol–water partition coefficient (Wildman–Crippen LogP) is 5.81. The molecule has 1 aliphatic heterocycles. The van der Waals surface area contributed by atoms with Gasteiger partial charge in [0.2, 0.25) is 5.91 Å². The van der Waals surface area contributed by atoms with E-state index in [1.165, 1.54) is 30.3 Å². The Hall–Kier alpha value is -3.29. The summed E-state index contributed by atoms with van der Waals surface area (Å²) < 4.78 is 29.0. The largest absolute Gasteiger partial charge is 0.326 e. The molecule has 5 nitrogen and oxygen atoms in total. The van der Waals surface area contributed by atoms with Crippen LogP contribution in [-0.2, 0) is 11.3 Å². The second-order valence-corrected chi connectivity index (χ2v) is 8.93. The van der Waals surface area contributed by atoms with Gasteiger partial charge in [0, 0.05) is 17.9 Å². The second-order valence-electron chi connectivity index (χ2n) is 8.52. The van der Waals surface area contributed by atoms with Gasteiger partial charge < -0.3 is 5.32 Å². The number of benzene rings is 3. The zero-order valence-corrected chi connectivity index (χ0v) is 19.1. The van der Waals surface area contributed by atoms with Crippen molar-refractivity contribution in [2.45, 2.75) is 19.4 Å². The van der Waals surface area contributed by atoms with E-state index in [2.05, 4.69) is 10.2 Å². The molecule has 34 heavy (non-hydrogen) atoms. The standard InChI is InChI=1S/C26H23ClF2N4O/c27-21-14-19(9-12-22(21)29)30-26(34)17-4-3-13-32(15-17)16-25-31-23-5-1-2-6-24(23)33(25)20-10-7-18(28)8-11-20/h1-2,5-12,14,17H,3-4,13,15-16H2,(H,30,34)/t17-/m1/s1. The fourth-order valence-electron chi connectivity index (χ4n) is 4.49. The van der Waals surface area contributed by atoms with Crippen molar-refractivity contribution >= 4 is 34.2 Å². The first kappa shape index (κ1) is 22.5. The number of anilines is 1. The molecule has 0 bridgehead atoms. The van der Waals surface area contributed by atoms with Crippen LogP contribution in [0, 0.1) is 17.6 Å². The van der Waals surface area contributed by atoms with Gasteiger partial charge in [0.25, 0.3) is 0 Å². The lowest BCUT2D eigenvalue weighted by atomic mass is 9.97. The van der Waals surface area contributed by atoms with E-state index >= 15 is 0 Å². The maximum Gasteiger partial charge on any atom is 0.228 e. The molecule has 4 aromatic rings. The molecule has 5 rings (SSSR count). The third-order valence-electron chi connectivity index (χ3n) is 6.14. The molecule has 8 heteroatoms. The van der Waals surface area contributed by atoms with E-state index in [-0.39, 0.29) is 22.7 Å². The normalized spacial score (nSPS) is 16.6. The number of carbonyl (C=O) groups is 1. The van der Waals surface area contributed by atoms with Gasteiger partial charge >= 0.3 is 0 Å². The second kappa shape index (κ2) is 9.52. The summed E-state index contributed by atoms with van der Waals surface area (Å²) in [6.07, 6.45) is 1.64. The number of para-hydroxylation sites is 2. The summed E-state index contributed by atoms with van der Waals surface area (Å²) in [5, 5.41) is 2.83. The van der Waals surface area contributed by atoms with Crippen molar-refractivity contribution in [1.29, 1.82) is 0 Å². The summed E-state index contributed by atoms with van der Waals surface area (Å²) in [6.45, 7) is 1.98. The van der Waals surface area contributed by atoms with Crippen LogP contribution in [-0.4, -0.2) is 33.4 Å². The van der Waals surface area contributed by atoms with Crippen molar-refractivity contribution in [1.82, 2.24) is 14.5 Å². The van der Waals surface area contributed by atoms with Crippen LogP contribution in [0.15, 0.2) is 66.7 Å². The Bertz CT molecular complexity index is 1340. The summed E-state index contributed by atoms with van der Waals surface area (Å²) in [5.74, 6) is -0.297. The number of nitrogens with zero attached hydrogens (tertiary/aromatic N) is 3. The number of halogens is 3. The summed E-state index contributed by atoms with van der Waals surface area (Å²) in [6, 6.07) is 18.4. The van der Waals surface area contributed by atoms with Gasteiger partial charge in [-0.15, -0.1) is 0 Å². The number of carbonyl (C=O) groups excluding carboxylic acids is 1. The first-order chi connectivity index (χ1) is 16.5. The molecule has 1 aromatic heterocycles. The fraction of sp³-hybridized carbons (Fsp3) is 0.231. The van der Waals surface area contributed by atoms with Crippen molar-refractivity contribution in [3.63, 3.8) is 0 Å². The zero-order chi connectivity index (χ0) is 23.7. The Balaban J connectivity index is 1.35. The number of hydrogen-bond acceptors (Lipinski definition) is 3. The fourth-order valence-corrected chi connectivity index (χ4v) is 4.67.